The molecule has 2 aliphatic rings. The number of rotatable bonds is 9. The fourth-order valence-electron chi connectivity index (χ4n) is 5.01. The molecule has 0 radical (unpaired) electrons. The highest BCUT2D eigenvalue weighted by Crippen LogP contribution is 2.38. The van der Waals surface area contributed by atoms with Gasteiger partial charge in [-0.25, -0.2) is 9.67 Å². The Bertz CT molecular complexity index is 1410. The Balaban J connectivity index is 1.43. The normalized spacial score (nSPS) is 19.3. The van der Waals surface area contributed by atoms with Gasteiger partial charge in [-0.1, -0.05) is 6.58 Å². The average Bonchev–Trinajstić information content (AvgIpc) is 3.49. The third kappa shape index (κ3) is 6.33. The van der Waals surface area contributed by atoms with Crippen LogP contribution in [0.2, 0.25) is 0 Å². The van der Waals surface area contributed by atoms with Crippen LogP contribution in [0.25, 0.3) is 5.82 Å². The number of nitrogens with one attached hydrogen (secondary N) is 2. The number of morpholine rings is 1. The summed E-state index contributed by atoms with van der Waals surface area (Å²) in [7, 11) is 1.58. The van der Waals surface area contributed by atoms with Gasteiger partial charge in [0.25, 0.3) is 0 Å². The molecule has 2 aromatic heterocycles. The molecule has 0 spiro atoms. The lowest BCUT2D eigenvalue weighted by atomic mass is 10.1. The molecule has 3 aromatic rings. The predicted molar refractivity (Wildman–Crippen MR) is 154 cm³/mol. The molecular weight excluding hydrogens is 528 g/mol. The molecule has 2 fully saturated rings. The molecule has 1 aromatic carbocycles. The van der Waals surface area contributed by atoms with Gasteiger partial charge in [0.15, 0.2) is 5.82 Å². The molecular formula is C28H36N8O5. The fraction of sp³-hybridized carbons (Fsp3) is 0.429. The summed E-state index contributed by atoms with van der Waals surface area (Å²) in [6.45, 7) is 11.3. The largest absolute Gasteiger partial charge is 0.494 e. The molecule has 1 amide bonds. The summed E-state index contributed by atoms with van der Waals surface area (Å²) < 4.78 is 12.9. The Hall–Kier alpha value is -4.04. The number of β-amino-alcohol motifs (C(OH)–C–C–N with tert-alkyl or cyclic N) is 2. The number of benzene rings is 1. The smallest absolute Gasteiger partial charge is 0.247 e. The Morgan fingerprint density at radius 2 is 1.93 bits per heavy atom. The van der Waals surface area contributed by atoms with Gasteiger partial charge < -0.3 is 35.2 Å². The maximum atomic E-state index is 12.3. The van der Waals surface area contributed by atoms with E-state index in [9.17, 15) is 15.0 Å². The molecule has 4 N–H and O–H groups in total. The van der Waals surface area contributed by atoms with E-state index in [-0.39, 0.29) is 5.91 Å². The number of likely N-dealkylation sites (tertiary alicyclic amines) is 1. The lowest BCUT2D eigenvalue weighted by Crippen LogP contribution is -2.36. The lowest BCUT2D eigenvalue weighted by Gasteiger charge is -2.31. The van der Waals surface area contributed by atoms with Crippen molar-refractivity contribution in [1.29, 1.82) is 0 Å². The molecule has 2 aliphatic heterocycles. The van der Waals surface area contributed by atoms with E-state index < -0.39 is 12.2 Å². The molecule has 41 heavy (non-hydrogen) atoms. The molecule has 2 atom stereocenters. The molecule has 0 saturated carbocycles. The maximum absolute atomic E-state index is 12.3. The van der Waals surface area contributed by atoms with Gasteiger partial charge in [-0.15, -0.1) is 0 Å². The number of anilines is 4. The number of carbonyl (C=O) groups is 1. The second-order valence-electron chi connectivity index (χ2n) is 10.2. The molecule has 5 rings (SSSR count). The second-order valence-corrected chi connectivity index (χ2v) is 10.2. The number of ether oxygens (including phenoxy) is 2. The van der Waals surface area contributed by atoms with E-state index in [1.165, 1.54) is 6.08 Å². The number of methoxy groups -OCH3 is 1. The molecule has 0 aliphatic carbocycles. The number of aryl methyl sites for hydroxylation is 2. The molecule has 0 unspecified atom stereocenters. The number of carbonyl (C=O) groups excluding carboxylic acids is 1. The summed E-state index contributed by atoms with van der Waals surface area (Å²) in [6, 6.07) is 3.67. The maximum Gasteiger partial charge on any atom is 0.247 e. The Kier molecular flexibility index (Phi) is 8.49. The zero-order chi connectivity index (χ0) is 29.1. The minimum atomic E-state index is -0.742. The summed E-state index contributed by atoms with van der Waals surface area (Å²) in [5, 5.41) is 30.6. The van der Waals surface area contributed by atoms with Crippen LogP contribution in [0.15, 0.2) is 37.2 Å². The summed E-state index contributed by atoms with van der Waals surface area (Å²) in [4.78, 5) is 25.6. The van der Waals surface area contributed by atoms with E-state index in [1.807, 2.05) is 31.0 Å². The van der Waals surface area contributed by atoms with E-state index in [4.69, 9.17) is 14.5 Å². The first-order valence-electron chi connectivity index (χ1n) is 13.5. The van der Waals surface area contributed by atoms with Crippen molar-refractivity contribution in [3.63, 3.8) is 0 Å². The van der Waals surface area contributed by atoms with Crippen LogP contribution in [0.1, 0.15) is 16.8 Å². The van der Waals surface area contributed by atoms with E-state index in [0.717, 1.165) is 22.5 Å². The zero-order valence-electron chi connectivity index (χ0n) is 23.5. The van der Waals surface area contributed by atoms with Crippen molar-refractivity contribution in [2.24, 2.45) is 0 Å². The fourth-order valence-corrected chi connectivity index (χ4v) is 5.01. The van der Waals surface area contributed by atoms with Crippen molar-refractivity contribution in [1.82, 2.24) is 24.6 Å². The number of aliphatic hydroxyl groups is 2. The third-order valence-electron chi connectivity index (χ3n) is 7.25. The number of nitrogens with zero attached hydrogens (tertiary/aromatic N) is 6. The monoisotopic (exact) mass is 564 g/mol. The first kappa shape index (κ1) is 28.5. The van der Waals surface area contributed by atoms with Crippen LogP contribution in [-0.2, 0) is 16.1 Å². The van der Waals surface area contributed by atoms with Crippen molar-refractivity contribution in [3.8, 4) is 11.6 Å². The summed E-state index contributed by atoms with van der Waals surface area (Å²) >= 11 is 0. The molecule has 0 bridgehead atoms. The zero-order valence-corrected chi connectivity index (χ0v) is 23.5. The minimum Gasteiger partial charge on any atom is -0.494 e. The second kappa shape index (κ2) is 12.2. The van der Waals surface area contributed by atoms with Crippen molar-refractivity contribution >= 4 is 28.9 Å². The molecule has 4 heterocycles. The average molecular weight is 565 g/mol. The van der Waals surface area contributed by atoms with Crippen LogP contribution in [-0.4, -0.2) is 99.5 Å². The van der Waals surface area contributed by atoms with Gasteiger partial charge in [-0.2, -0.15) is 10.1 Å². The van der Waals surface area contributed by atoms with E-state index >= 15 is 0 Å². The van der Waals surface area contributed by atoms with Gasteiger partial charge in [0, 0.05) is 62.3 Å². The summed E-state index contributed by atoms with van der Waals surface area (Å²) in [5.41, 5.74) is 4.61. The van der Waals surface area contributed by atoms with Crippen molar-refractivity contribution < 1.29 is 24.5 Å². The highest BCUT2D eigenvalue weighted by Gasteiger charge is 2.30. The SMILES string of the molecule is C=CC(=O)Nc1cc(Nc2ncc(C)c(-n3cc(CN4C[C@@H](O)[C@@H](O)C4)c(C)n3)n2)c(OC)cc1N1CCOCC1. The van der Waals surface area contributed by atoms with Crippen molar-refractivity contribution in [3.05, 3.63) is 54.0 Å². The van der Waals surface area contributed by atoms with Gasteiger partial charge >= 0.3 is 0 Å². The predicted octanol–water partition coefficient (Wildman–Crippen LogP) is 1.53. The Morgan fingerprint density at radius 1 is 1.20 bits per heavy atom. The third-order valence-corrected chi connectivity index (χ3v) is 7.25. The molecule has 2 saturated heterocycles. The first-order valence-corrected chi connectivity index (χ1v) is 13.5. The lowest BCUT2D eigenvalue weighted by molar-refractivity contribution is -0.111. The standard InChI is InChI=1S/C28H36N8O5/c1-5-26(39)30-20-10-21(25(40-4)11-22(20)35-6-8-41-9-7-35)31-28-29-12-17(2)27(32-28)36-14-19(18(3)33-36)13-34-15-23(37)24(38)16-34/h5,10-12,14,23-24,37-38H,1,6-9,13,15-16H2,2-4H3,(H,30,39)(H,29,31,32)/t23-,24+. The number of hydrogen-bond donors (Lipinski definition) is 4. The van der Waals surface area contributed by atoms with Crippen molar-refractivity contribution in [2.75, 3.05) is 62.0 Å². The molecule has 218 valence electrons. The topological polar surface area (TPSA) is 150 Å². The van der Waals surface area contributed by atoms with Crippen LogP contribution in [0.4, 0.5) is 23.0 Å². The van der Waals surface area contributed by atoms with Crippen LogP contribution in [0, 0.1) is 13.8 Å². The van der Waals surface area contributed by atoms with Crippen LogP contribution in [0.5, 0.6) is 5.75 Å². The Labute approximate surface area is 238 Å². The Morgan fingerprint density at radius 3 is 2.61 bits per heavy atom. The van der Waals surface area contributed by atoms with E-state index in [1.54, 1.807) is 24.1 Å². The van der Waals surface area contributed by atoms with E-state index in [0.29, 0.717) is 74.8 Å². The van der Waals surface area contributed by atoms with Gasteiger partial charge in [-0.3, -0.25) is 9.69 Å². The molecule has 13 nitrogen and oxygen atoms in total. The first-order chi connectivity index (χ1) is 19.7. The summed E-state index contributed by atoms with van der Waals surface area (Å²) in [6.07, 6.45) is 3.36. The highest BCUT2D eigenvalue weighted by atomic mass is 16.5. The van der Waals surface area contributed by atoms with Crippen LogP contribution < -0.4 is 20.3 Å². The summed E-state index contributed by atoms with van der Waals surface area (Å²) in [5.74, 6) is 1.15. The van der Waals surface area contributed by atoms with Gasteiger partial charge in [-0.05, 0) is 26.0 Å². The van der Waals surface area contributed by atoms with Crippen molar-refractivity contribution in [2.45, 2.75) is 32.6 Å². The van der Waals surface area contributed by atoms with Crippen LogP contribution in [0.3, 0.4) is 0 Å². The van der Waals surface area contributed by atoms with Gasteiger partial charge in [0.2, 0.25) is 11.9 Å². The minimum absolute atomic E-state index is 0.324. The van der Waals surface area contributed by atoms with Gasteiger partial charge in [0.1, 0.15) is 5.75 Å². The highest BCUT2D eigenvalue weighted by molar-refractivity contribution is 6.02. The molecule has 13 heteroatoms. The van der Waals surface area contributed by atoms with Crippen LogP contribution >= 0.6 is 0 Å². The number of hydrogen-bond acceptors (Lipinski definition) is 11. The van der Waals surface area contributed by atoms with E-state index in [2.05, 4.69) is 32.2 Å². The number of amides is 1. The quantitative estimate of drug-likeness (QED) is 0.280. The number of aliphatic hydroxyl groups excluding tert-OH is 2. The van der Waals surface area contributed by atoms with Gasteiger partial charge in [0.05, 0.1) is 55.3 Å². The number of aromatic nitrogens is 4.